The van der Waals surface area contributed by atoms with Gasteiger partial charge in [-0.1, -0.05) is 6.07 Å². The van der Waals surface area contributed by atoms with Crippen molar-refractivity contribution in [1.82, 2.24) is 25.3 Å². The summed E-state index contributed by atoms with van der Waals surface area (Å²) >= 11 is 0. The number of piperidine rings is 2. The molecule has 31 heavy (non-hydrogen) atoms. The van der Waals surface area contributed by atoms with Crippen LogP contribution in [0.1, 0.15) is 43.2 Å². The van der Waals surface area contributed by atoms with Crippen LogP contribution in [0.2, 0.25) is 0 Å². The number of aromatic amines is 1. The molecule has 0 unspecified atom stereocenters. The van der Waals surface area contributed by atoms with E-state index in [1.165, 1.54) is 38.8 Å². The number of hydrogen-bond acceptors (Lipinski definition) is 5. The van der Waals surface area contributed by atoms with Crippen molar-refractivity contribution >= 4 is 16.8 Å². The van der Waals surface area contributed by atoms with E-state index in [2.05, 4.69) is 39.5 Å². The quantitative estimate of drug-likeness (QED) is 0.696. The molecule has 3 aliphatic heterocycles. The third kappa shape index (κ3) is 4.23. The fourth-order valence-electron chi connectivity index (χ4n) is 6.07. The Morgan fingerprint density at radius 3 is 2.74 bits per heavy atom. The maximum atomic E-state index is 13.2. The first-order valence-electron chi connectivity index (χ1n) is 11.9. The average Bonchev–Trinajstić information content (AvgIpc) is 3.42. The van der Waals surface area contributed by atoms with E-state index in [1.807, 2.05) is 11.1 Å². The monoisotopic (exact) mass is 424 g/mol. The zero-order valence-corrected chi connectivity index (χ0v) is 18.7. The molecule has 3 aliphatic rings. The topological polar surface area (TPSA) is 90.3 Å². The maximum Gasteiger partial charge on any atom is 0.239 e. The lowest BCUT2D eigenvalue weighted by Crippen LogP contribution is -2.50. The van der Waals surface area contributed by atoms with Crippen LogP contribution >= 0.6 is 0 Å². The van der Waals surface area contributed by atoms with Gasteiger partial charge in [0.25, 0.3) is 0 Å². The number of carbonyl (C=O) groups excluding carboxylic acids is 1. The first-order chi connectivity index (χ1) is 15.0. The number of rotatable bonds is 4. The van der Waals surface area contributed by atoms with Crippen molar-refractivity contribution in [2.24, 2.45) is 11.1 Å². The van der Waals surface area contributed by atoms with E-state index in [-0.39, 0.29) is 5.91 Å². The second kappa shape index (κ2) is 8.52. The molecule has 168 valence electrons. The van der Waals surface area contributed by atoms with E-state index >= 15 is 0 Å². The van der Waals surface area contributed by atoms with E-state index in [0.717, 1.165) is 60.7 Å². The van der Waals surface area contributed by atoms with Gasteiger partial charge in [0.1, 0.15) is 0 Å². The molecule has 3 fully saturated rings. The van der Waals surface area contributed by atoms with Crippen LogP contribution < -0.4 is 11.1 Å². The molecule has 2 aromatic rings. The Labute approximate surface area is 184 Å². The minimum absolute atomic E-state index is 0.114. The number of nitrogens with two attached hydrogens (primary N) is 1. The number of hydrogen-bond donors (Lipinski definition) is 3. The number of likely N-dealkylation sites (tertiary alicyclic amines) is 2. The van der Waals surface area contributed by atoms with Crippen molar-refractivity contribution in [3.8, 4) is 0 Å². The van der Waals surface area contributed by atoms with Gasteiger partial charge in [-0.05, 0) is 94.2 Å². The Hall–Kier alpha value is -1.96. The van der Waals surface area contributed by atoms with Crippen molar-refractivity contribution in [3.63, 3.8) is 0 Å². The molecule has 0 saturated carbocycles. The first kappa shape index (κ1) is 20.9. The molecule has 1 aromatic heterocycles. The number of fused-ring (bicyclic) bond motifs is 1. The molecule has 0 bridgehead atoms. The van der Waals surface area contributed by atoms with E-state index in [4.69, 9.17) is 5.73 Å². The predicted molar refractivity (Wildman–Crippen MR) is 123 cm³/mol. The summed E-state index contributed by atoms with van der Waals surface area (Å²) in [7, 11) is 0. The molecular formula is C24H36N6O. The first-order valence-corrected chi connectivity index (χ1v) is 11.9. The van der Waals surface area contributed by atoms with Gasteiger partial charge in [0.05, 0.1) is 17.8 Å². The zero-order valence-electron chi connectivity index (χ0n) is 18.7. The number of carbonyl (C=O) groups is 1. The Kier molecular flexibility index (Phi) is 5.75. The molecule has 0 aliphatic carbocycles. The van der Waals surface area contributed by atoms with Gasteiger partial charge in [-0.3, -0.25) is 9.89 Å². The molecule has 0 radical (unpaired) electrons. The van der Waals surface area contributed by atoms with Crippen LogP contribution in [0.5, 0.6) is 0 Å². The molecule has 5 rings (SSSR count). The molecule has 3 saturated heterocycles. The summed E-state index contributed by atoms with van der Waals surface area (Å²) in [6.07, 6.45) is 8.52. The normalized spacial score (nSPS) is 23.6. The second-order valence-electron chi connectivity index (χ2n) is 10.1. The van der Waals surface area contributed by atoms with E-state index < -0.39 is 6.04 Å². The maximum absolute atomic E-state index is 13.2. The highest BCUT2D eigenvalue weighted by atomic mass is 16.2. The summed E-state index contributed by atoms with van der Waals surface area (Å²) in [4.78, 5) is 17.9. The lowest BCUT2D eigenvalue weighted by molar-refractivity contribution is -0.132. The van der Waals surface area contributed by atoms with Crippen LogP contribution in [-0.2, 0) is 11.2 Å². The number of aromatic nitrogens is 2. The standard InChI is InChI=1S/C24H36N6O/c1-17-12-18(13-19-15-27-28-22(17)19)14-21(25)23(31)30-11-6-24(16-30)4-9-29(10-5-24)20-2-7-26-8-3-20/h12-13,15,20-21,26H,2-11,14,16,25H2,1H3,(H,27,28)/t21-/m1/s1. The summed E-state index contributed by atoms with van der Waals surface area (Å²) in [5.74, 6) is 0.114. The predicted octanol–water partition coefficient (Wildman–Crippen LogP) is 1.81. The number of amides is 1. The molecule has 1 atom stereocenters. The Balaban J connectivity index is 1.17. The summed E-state index contributed by atoms with van der Waals surface area (Å²) in [6.45, 7) is 8.49. The van der Waals surface area contributed by atoms with Crippen LogP contribution in [-0.4, -0.2) is 77.3 Å². The zero-order chi connectivity index (χ0) is 21.4. The molecule has 1 spiro atoms. The van der Waals surface area contributed by atoms with Crippen molar-refractivity contribution in [2.75, 3.05) is 39.3 Å². The molecule has 7 nitrogen and oxygen atoms in total. The van der Waals surface area contributed by atoms with Crippen molar-refractivity contribution in [2.45, 2.75) is 57.5 Å². The lowest BCUT2D eigenvalue weighted by atomic mass is 9.77. The SMILES string of the molecule is Cc1cc(C[C@@H](N)C(=O)N2CCC3(CCN(C4CCNCC4)CC3)C2)cc2cn[nH]c12. The van der Waals surface area contributed by atoms with Gasteiger partial charge in [-0.15, -0.1) is 0 Å². The third-order valence-corrected chi connectivity index (χ3v) is 8.01. The molecule has 4 heterocycles. The highest BCUT2D eigenvalue weighted by Crippen LogP contribution is 2.41. The van der Waals surface area contributed by atoms with Crippen LogP contribution in [0.4, 0.5) is 0 Å². The van der Waals surface area contributed by atoms with Gasteiger partial charge in [0, 0.05) is 24.5 Å². The summed E-state index contributed by atoms with van der Waals surface area (Å²) < 4.78 is 0. The number of benzene rings is 1. The minimum atomic E-state index is -0.478. The number of nitrogens with one attached hydrogen (secondary N) is 2. The van der Waals surface area contributed by atoms with Crippen molar-refractivity contribution < 1.29 is 4.79 Å². The summed E-state index contributed by atoms with van der Waals surface area (Å²) in [5, 5.41) is 11.7. The van der Waals surface area contributed by atoms with Crippen LogP contribution in [0.15, 0.2) is 18.3 Å². The third-order valence-electron chi connectivity index (χ3n) is 8.01. The van der Waals surface area contributed by atoms with Gasteiger partial charge in [0.2, 0.25) is 5.91 Å². The molecule has 1 aromatic carbocycles. The summed E-state index contributed by atoms with van der Waals surface area (Å²) in [6, 6.07) is 4.49. The van der Waals surface area contributed by atoms with E-state index in [0.29, 0.717) is 11.8 Å². The van der Waals surface area contributed by atoms with E-state index in [1.54, 1.807) is 0 Å². The van der Waals surface area contributed by atoms with Crippen molar-refractivity contribution in [3.05, 3.63) is 29.5 Å². The van der Waals surface area contributed by atoms with Gasteiger partial charge >= 0.3 is 0 Å². The number of H-pyrrole nitrogens is 1. The fraction of sp³-hybridized carbons (Fsp3) is 0.667. The van der Waals surface area contributed by atoms with E-state index in [9.17, 15) is 4.79 Å². The van der Waals surface area contributed by atoms with Crippen molar-refractivity contribution in [1.29, 1.82) is 0 Å². The van der Waals surface area contributed by atoms with Gasteiger partial charge in [-0.25, -0.2) is 0 Å². The Morgan fingerprint density at radius 2 is 1.97 bits per heavy atom. The smallest absolute Gasteiger partial charge is 0.239 e. The highest BCUT2D eigenvalue weighted by molar-refractivity contribution is 5.84. The van der Waals surface area contributed by atoms with Crippen LogP contribution in [0.3, 0.4) is 0 Å². The van der Waals surface area contributed by atoms with Gasteiger partial charge < -0.3 is 20.9 Å². The Morgan fingerprint density at radius 1 is 1.23 bits per heavy atom. The van der Waals surface area contributed by atoms with Crippen LogP contribution in [0, 0.1) is 12.3 Å². The Bertz CT molecular complexity index is 925. The van der Waals surface area contributed by atoms with Gasteiger partial charge in [-0.2, -0.15) is 5.10 Å². The minimum Gasteiger partial charge on any atom is -0.341 e. The molecule has 1 amide bonds. The second-order valence-corrected chi connectivity index (χ2v) is 10.1. The largest absolute Gasteiger partial charge is 0.341 e. The molecule has 4 N–H and O–H groups in total. The number of nitrogens with zero attached hydrogens (tertiary/aromatic N) is 3. The average molecular weight is 425 g/mol. The number of aryl methyl sites for hydroxylation is 1. The lowest BCUT2D eigenvalue weighted by Gasteiger charge is -2.43. The van der Waals surface area contributed by atoms with Crippen LogP contribution in [0.25, 0.3) is 10.9 Å². The molecular weight excluding hydrogens is 388 g/mol. The highest BCUT2D eigenvalue weighted by Gasteiger charge is 2.43. The summed E-state index contributed by atoms with van der Waals surface area (Å²) in [5.41, 5.74) is 10.0. The fourth-order valence-corrected chi connectivity index (χ4v) is 6.07. The van der Waals surface area contributed by atoms with Gasteiger partial charge in [0.15, 0.2) is 0 Å². The molecule has 7 heteroatoms.